The van der Waals surface area contributed by atoms with E-state index in [0.717, 1.165) is 28.6 Å². The number of amides is 1. The predicted molar refractivity (Wildman–Crippen MR) is 114 cm³/mol. The third-order valence-electron chi connectivity index (χ3n) is 5.81. The summed E-state index contributed by atoms with van der Waals surface area (Å²) in [5, 5.41) is 7.54. The summed E-state index contributed by atoms with van der Waals surface area (Å²) in [6.45, 7) is 3.60. The first-order valence-corrected chi connectivity index (χ1v) is 11.0. The number of carbonyl (C=O) groups excluding carboxylic acids is 1. The van der Waals surface area contributed by atoms with Crippen molar-refractivity contribution >= 4 is 11.6 Å². The minimum Gasteiger partial charge on any atom is -0.484 e. The highest BCUT2D eigenvalue weighted by molar-refractivity contribution is 5.87. The summed E-state index contributed by atoms with van der Waals surface area (Å²) < 4.78 is 72.1. The molecule has 1 atom stereocenters. The molecule has 1 amide bonds. The third kappa shape index (κ3) is 6.08. The van der Waals surface area contributed by atoms with Crippen LogP contribution in [0.15, 0.2) is 29.4 Å². The molecule has 2 aliphatic heterocycles. The highest BCUT2D eigenvalue weighted by Gasteiger charge is 2.35. The van der Waals surface area contributed by atoms with Crippen molar-refractivity contribution in [1.82, 2.24) is 19.6 Å². The van der Waals surface area contributed by atoms with Crippen molar-refractivity contribution in [3.8, 4) is 5.75 Å². The van der Waals surface area contributed by atoms with Gasteiger partial charge in [-0.1, -0.05) is 11.2 Å². The number of aromatic nitrogens is 2. The Balaban J connectivity index is 1.20. The molecule has 1 aromatic heterocycles. The van der Waals surface area contributed by atoms with E-state index >= 15 is 0 Å². The molecule has 1 fully saturated rings. The Kier molecular flexibility index (Phi) is 7.24. The molecular formula is C22H24F5N5O3. The summed E-state index contributed by atoms with van der Waals surface area (Å²) in [6.07, 6.45) is -4.59. The first-order chi connectivity index (χ1) is 16.6. The zero-order valence-electron chi connectivity index (χ0n) is 18.9. The van der Waals surface area contributed by atoms with Crippen LogP contribution in [0.25, 0.3) is 0 Å². The van der Waals surface area contributed by atoms with E-state index in [4.69, 9.17) is 9.57 Å². The Morgan fingerprint density at radius 2 is 1.86 bits per heavy atom. The molecule has 35 heavy (non-hydrogen) atoms. The maximum atomic E-state index is 13.7. The van der Waals surface area contributed by atoms with Gasteiger partial charge in [-0.05, 0) is 25.1 Å². The molecule has 3 heterocycles. The summed E-state index contributed by atoms with van der Waals surface area (Å²) in [6, 6.07) is 4.38. The monoisotopic (exact) mass is 501 g/mol. The molecule has 0 radical (unpaired) electrons. The summed E-state index contributed by atoms with van der Waals surface area (Å²) >= 11 is 0. The number of rotatable bonds is 7. The Hall–Kier alpha value is -3.22. The number of hydrogen-bond acceptors (Lipinski definition) is 6. The van der Waals surface area contributed by atoms with E-state index in [2.05, 4.69) is 15.2 Å². The van der Waals surface area contributed by atoms with E-state index < -0.39 is 35.4 Å². The smallest absolute Gasteiger partial charge is 0.435 e. The van der Waals surface area contributed by atoms with E-state index in [1.54, 1.807) is 4.90 Å². The molecular weight excluding hydrogens is 477 g/mol. The minimum absolute atomic E-state index is 0.0595. The SMILES string of the molecule is Cc1cc(C(F)(F)F)nn1CC(=O)N1CCN(CC2=NOC(COc3c(F)cccc3F)C2)CC1. The van der Waals surface area contributed by atoms with Crippen molar-refractivity contribution in [2.45, 2.75) is 32.2 Å². The standard InChI is InChI=1S/C22H24F5N5O3/c1-14-9-19(22(25,26)27)28-32(14)12-20(33)31-7-5-30(6-8-31)11-15-10-16(35-29-15)13-34-21-17(23)3-2-4-18(21)24/h2-4,9,16H,5-8,10-13H2,1H3. The van der Waals surface area contributed by atoms with Crippen molar-refractivity contribution in [3.05, 3.63) is 47.3 Å². The summed E-state index contributed by atoms with van der Waals surface area (Å²) in [4.78, 5) is 21.5. The number of halogens is 5. The van der Waals surface area contributed by atoms with Crippen LogP contribution in [0.3, 0.4) is 0 Å². The van der Waals surface area contributed by atoms with Crippen LogP contribution in [-0.2, 0) is 22.4 Å². The largest absolute Gasteiger partial charge is 0.484 e. The van der Waals surface area contributed by atoms with Gasteiger partial charge in [0.1, 0.15) is 13.2 Å². The van der Waals surface area contributed by atoms with Crippen molar-refractivity contribution in [3.63, 3.8) is 0 Å². The molecule has 0 saturated carbocycles. The molecule has 1 saturated heterocycles. The van der Waals surface area contributed by atoms with Crippen LogP contribution in [0, 0.1) is 18.6 Å². The van der Waals surface area contributed by atoms with Crippen LogP contribution in [0.1, 0.15) is 17.8 Å². The molecule has 13 heteroatoms. The Morgan fingerprint density at radius 1 is 1.17 bits per heavy atom. The molecule has 8 nitrogen and oxygen atoms in total. The predicted octanol–water partition coefficient (Wildman–Crippen LogP) is 2.86. The van der Waals surface area contributed by atoms with Crippen LogP contribution >= 0.6 is 0 Å². The lowest BCUT2D eigenvalue weighted by Crippen LogP contribution is -2.50. The maximum absolute atomic E-state index is 13.7. The summed E-state index contributed by atoms with van der Waals surface area (Å²) in [5.74, 6) is -2.34. The van der Waals surface area contributed by atoms with Crippen molar-refractivity contribution in [2.75, 3.05) is 39.3 Å². The fraction of sp³-hybridized carbons (Fsp3) is 0.500. The van der Waals surface area contributed by atoms with Crippen molar-refractivity contribution in [2.24, 2.45) is 5.16 Å². The van der Waals surface area contributed by atoms with Gasteiger partial charge < -0.3 is 14.5 Å². The van der Waals surface area contributed by atoms with Crippen LogP contribution in [0.4, 0.5) is 22.0 Å². The maximum Gasteiger partial charge on any atom is 0.435 e. The lowest BCUT2D eigenvalue weighted by atomic mass is 10.1. The fourth-order valence-corrected chi connectivity index (χ4v) is 3.92. The molecule has 2 aliphatic rings. The van der Waals surface area contributed by atoms with Crippen LogP contribution in [0.2, 0.25) is 0 Å². The van der Waals surface area contributed by atoms with Gasteiger partial charge in [-0.15, -0.1) is 0 Å². The second-order valence-electron chi connectivity index (χ2n) is 8.43. The highest BCUT2D eigenvalue weighted by Crippen LogP contribution is 2.28. The fourth-order valence-electron chi connectivity index (χ4n) is 3.92. The number of para-hydroxylation sites is 1. The minimum atomic E-state index is -4.56. The first-order valence-electron chi connectivity index (χ1n) is 11.0. The molecule has 0 aliphatic carbocycles. The van der Waals surface area contributed by atoms with E-state index in [1.165, 1.54) is 13.0 Å². The lowest BCUT2D eigenvalue weighted by Gasteiger charge is -2.34. The van der Waals surface area contributed by atoms with E-state index in [1.807, 2.05) is 0 Å². The van der Waals surface area contributed by atoms with Crippen molar-refractivity contribution < 1.29 is 36.3 Å². The average Bonchev–Trinajstić information content (AvgIpc) is 3.40. The van der Waals surface area contributed by atoms with Crippen molar-refractivity contribution in [1.29, 1.82) is 0 Å². The normalized spacial score (nSPS) is 19.0. The molecule has 2 aromatic rings. The molecule has 0 N–H and O–H groups in total. The lowest BCUT2D eigenvalue weighted by molar-refractivity contribution is -0.142. The number of benzene rings is 1. The molecule has 190 valence electrons. The van der Waals surface area contributed by atoms with Gasteiger partial charge in [0.15, 0.2) is 29.2 Å². The topological polar surface area (TPSA) is 72.2 Å². The number of ether oxygens (including phenoxy) is 1. The van der Waals surface area contributed by atoms with Crippen LogP contribution < -0.4 is 4.74 Å². The quantitative estimate of drug-likeness (QED) is 0.546. The zero-order valence-corrected chi connectivity index (χ0v) is 18.9. The van der Waals surface area contributed by atoms with Crippen LogP contribution in [0.5, 0.6) is 5.75 Å². The number of oxime groups is 1. The second-order valence-corrected chi connectivity index (χ2v) is 8.43. The number of hydrogen-bond donors (Lipinski definition) is 0. The molecule has 1 unspecified atom stereocenters. The first kappa shape index (κ1) is 24.9. The van der Waals surface area contributed by atoms with Gasteiger partial charge in [0.25, 0.3) is 0 Å². The number of aryl methyl sites for hydroxylation is 1. The number of piperazine rings is 1. The highest BCUT2D eigenvalue weighted by atomic mass is 19.4. The van der Waals surface area contributed by atoms with Gasteiger partial charge in [-0.3, -0.25) is 14.4 Å². The molecule has 4 rings (SSSR count). The van der Waals surface area contributed by atoms with Gasteiger partial charge in [-0.25, -0.2) is 8.78 Å². The Bertz CT molecular complexity index is 1080. The average molecular weight is 501 g/mol. The van der Waals surface area contributed by atoms with Gasteiger partial charge >= 0.3 is 6.18 Å². The van der Waals surface area contributed by atoms with Gasteiger partial charge in [-0.2, -0.15) is 18.3 Å². The Labute approximate surface area is 197 Å². The second kappa shape index (κ2) is 10.2. The van der Waals surface area contributed by atoms with Gasteiger partial charge in [0, 0.05) is 44.8 Å². The molecule has 1 aromatic carbocycles. The third-order valence-corrected chi connectivity index (χ3v) is 5.81. The van der Waals surface area contributed by atoms with E-state index in [9.17, 15) is 26.7 Å². The molecule has 0 spiro atoms. The summed E-state index contributed by atoms with van der Waals surface area (Å²) in [7, 11) is 0. The number of carbonyl (C=O) groups is 1. The number of alkyl halides is 3. The summed E-state index contributed by atoms with van der Waals surface area (Å²) in [5.41, 5.74) is -0.00558. The van der Waals surface area contributed by atoms with E-state index in [0.29, 0.717) is 39.1 Å². The zero-order chi connectivity index (χ0) is 25.2. The Morgan fingerprint density at radius 3 is 2.49 bits per heavy atom. The van der Waals surface area contributed by atoms with E-state index in [-0.39, 0.29) is 24.8 Å². The van der Waals surface area contributed by atoms with Crippen LogP contribution in [-0.4, -0.2) is 76.6 Å². The van der Waals surface area contributed by atoms with Gasteiger partial charge in [0.05, 0.1) is 5.71 Å². The molecule has 0 bridgehead atoms. The number of nitrogens with zero attached hydrogens (tertiary/aromatic N) is 5. The van der Waals surface area contributed by atoms with Gasteiger partial charge in [0.2, 0.25) is 5.91 Å².